The zero-order valence-electron chi connectivity index (χ0n) is 16.1. The maximum absolute atomic E-state index is 12.5. The largest absolute Gasteiger partial charge is 2.00 e. The molecule has 11 heteroatoms. The van der Waals surface area contributed by atoms with Crippen LogP contribution in [0.5, 0.6) is 0 Å². The topological polar surface area (TPSA) is 133 Å². The van der Waals surface area contributed by atoms with Crippen LogP contribution in [0.2, 0.25) is 0 Å². The summed E-state index contributed by atoms with van der Waals surface area (Å²) in [5, 5.41) is 19.9. The molecule has 0 aliphatic carbocycles. The number of carbonyl (C=O) groups is 4. The van der Waals surface area contributed by atoms with E-state index in [1.807, 2.05) is 0 Å². The second-order valence-corrected chi connectivity index (χ2v) is 5.55. The third-order valence-electron chi connectivity index (χ3n) is 3.28. The molecular formula is C20H16F2MgO8. The Labute approximate surface area is 191 Å². The minimum atomic E-state index is -2.73. The van der Waals surface area contributed by atoms with Crippen molar-refractivity contribution in [2.75, 3.05) is 0 Å². The average molecular weight is 447 g/mol. The monoisotopic (exact) mass is 446 g/mol. The van der Waals surface area contributed by atoms with E-state index in [0.29, 0.717) is 11.1 Å². The predicted molar refractivity (Wildman–Crippen MR) is 98.0 cm³/mol. The second kappa shape index (κ2) is 14.9. The summed E-state index contributed by atoms with van der Waals surface area (Å²) in [4.78, 5) is 41.4. The first-order valence-electron chi connectivity index (χ1n) is 8.33. The van der Waals surface area contributed by atoms with Gasteiger partial charge in [-0.05, 0) is 11.1 Å². The third-order valence-corrected chi connectivity index (χ3v) is 3.28. The molecular weight excluding hydrogens is 431 g/mol. The smallest absolute Gasteiger partial charge is 0.546 e. The van der Waals surface area contributed by atoms with Crippen molar-refractivity contribution in [1.82, 2.24) is 0 Å². The van der Waals surface area contributed by atoms with Crippen LogP contribution in [0.15, 0.2) is 60.7 Å². The van der Waals surface area contributed by atoms with Crippen LogP contribution in [0, 0.1) is 0 Å². The van der Waals surface area contributed by atoms with Gasteiger partial charge in [0.05, 0.1) is 11.9 Å². The molecule has 2 unspecified atom stereocenters. The van der Waals surface area contributed by atoms with Gasteiger partial charge in [0.2, 0.25) is 12.3 Å². The molecule has 0 bridgehead atoms. The van der Waals surface area contributed by atoms with Crippen molar-refractivity contribution >= 4 is 46.9 Å². The van der Waals surface area contributed by atoms with Crippen molar-refractivity contribution in [2.45, 2.75) is 25.6 Å². The maximum atomic E-state index is 12.5. The summed E-state index contributed by atoms with van der Waals surface area (Å²) in [6, 6.07) is 17.1. The van der Waals surface area contributed by atoms with Crippen molar-refractivity contribution in [2.24, 2.45) is 0 Å². The van der Waals surface area contributed by atoms with Crippen LogP contribution in [0.3, 0.4) is 0 Å². The first-order valence-corrected chi connectivity index (χ1v) is 8.33. The Morgan fingerprint density at radius 3 is 1.23 bits per heavy atom. The molecule has 0 aliphatic heterocycles. The van der Waals surface area contributed by atoms with Crippen molar-refractivity contribution in [3.05, 3.63) is 71.8 Å². The van der Waals surface area contributed by atoms with E-state index in [1.165, 1.54) is 0 Å². The SMILES string of the molecule is O=C([O-])C(F)C(=O)OCc1ccccc1.O=C([O-])C(F)C(=O)OCc1ccccc1.[Mg+2]. The number of halogens is 2. The minimum Gasteiger partial charge on any atom is -0.546 e. The van der Waals surface area contributed by atoms with Crippen LogP contribution in [-0.2, 0) is 41.9 Å². The minimum absolute atomic E-state index is 0. The number of ether oxygens (including phenoxy) is 2. The normalized spacial score (nSPS) is 11.4. The standard InChI is InChI=1S/2C10H9FO4.Mg/c2*11-8(9(12)13)10(14)15-6-7-4-2-1-3-5-7;/h2*1-5,8H,6H2,(H,12,13);/q;;+2/p-2. The molecule has 2 aromatic carbocycles. The summed E-state index contributed by atoms with van der Waals surface area (Å²) in [5.41, 5.74) is 1.30. The molecule has 0 aliphatic rings. The predicted octanol–water partition coefficient (Wildman–Crippen LogP) is -0.745. The van der Waals surface area contributed by atoms with E-state index in [0.717, 1.165) is 0 Å². The molecule has 0 amide bonds. The van der Waals surface area contributed by atoms with Crippen molar-refractivity contribution in [1.29, 1.82) is 0 Å². The number of carbonyl (C=O) groups excluding carboxylic acids is 4. The average Bonchev–Trinajstić information content (AvgIpc) is 2.76. The number of alkyl halides is 2. The Morgan fingerprint density at radius 2 is 0.968 bits per heavy atom. The fourth-order valence-corrected chi connectivity index (χ4v) is 1.80. The number of carboxylic acid groups (broad SMARTS) is 2. The number of esters is 2. The number of rotatable bonds is 8. The summed E-state index contributed by atoms with van der Waals surface area (Å²) in [7, 11) is 0. The number of hydrogen-bond acceptors (Lipinski definition) is 8. The summed E-state index contributed by atoms with van der Waals surface area (Å²) in [6.45, 7) is -0.319. The van der Waals surface area contributed by atoms with Gasteiger partial charge in [-0.3, -0.25) is 0 Å². The van der Waals surface area contributed by atoms with Crippen LogP contribution >= 0.6 is 0 Å². The van der Waals surface area contributed by atoms with E-state index in [9.17, 15) is 38.2 Å². The molecule has 31 heavy (non-hydrogen) atoms. The molecule has 0 N–H and O–H groups in total. The summed E-state index contributed by atoms with van der Waals surface area (Å²) in [6.07, 6.45) is -5.46. The van der Waals surface area contributed by atoms with Gasteiger partial charge < -0.3 is 29.3 Å². The van der Waals surface area contributed by atoms with E-state index in [-0.39, 0.29) is 36.3 Å². The van der Waals surface area contributed by atoms with Crippen molar-refractivity contribution < 1.29 is 47.6 Å². The number of carboxylic acids is 2. The Hall–Kier alpha value is -3.05. The third kappa shape index (κ3) is 11.1. The first kappa shape index (κ1) is 27.9. The molecule has 2 aromatic rings. The molecule has 0 heterocycles. The fraction of sp³-hybridized carbons (Fsp3) is 0.200. The molecule has 0 fully saturated rings. The van der Waals surface area contributed by atoms with Crippen molar-refractivity contribution in [3.63, 3.8) is 0 Å². The quantitative estimate of drug-likeness (QED) is 0.294. The summed E-state index contributed by atoms with van der Waals surface area (Å²) in [5.74, 6) is -7.07. The molecule has 0 aromatic heterocycles. The van der Waals surface area contributed by atoms with Gasteiger partial charge in [0.1, 0.15) is 13.2 Å². The summed E-state index contributed by atoms with van der Waals surface area (Å²) < 4.78 is 33.8. The Morgan fingerprint density at radius 1 is 0.677 bits per heavy atom. The molecule has 2 atom stereocenters. The maximum Gasteiger partial charge on any atom is 2.00 e. The number of benzene rings is 2. The molecule has 8 nitrogen and oxygen atoms in total. The van der Waals surface area contributed by atoms with Gasteiger partial charge in [-0.25, -0.2) is 18.4 Å². The Kier molecular flexibility index (Phi) is 13.4. The molecule has 160 valence electrons. The van der Waals surface area contributed by atoms with E-state index >= 15 is 0 Å². The fourth-order valence-electron chi connectivity index (χ4n) is 1.80. The van der Waals surface area contributed by atoms with Crippen LogP contribution in [0.1, 0.15) is 11.1 Å². The van der Waals surface area contributed by atoms with Gasteiger partial charge in [-0.15, -0.1) is 0 Å². The molecule has 0 radical (unpaired) electrons. The van der Waals surface area contributed by atoms with Crippen LogP contribution in [-0.4, -0.2) is 59.3 Å². The Bertz CT molecular complexity index is 777. The molecule has 0 spiro atoms. The number of aliphatic carboxylic acids is 2. The molecule has 0 saturated carbocycles. The van der Waals surface area contributed by atoms with Gasteiger partial charge in [0.15, 0.2) is 0 Å². The number of hydrogen-bond donors (Lipinski definition) is 0. The van der Waals surface area contributed by atoms with Gasteiger partial charge in [-0.2, -0.15) is 0 Å². The van der Waals surface area contributed by atoms with Crippen LogP contribution in [0.25, 0.3) is 0 Å². The van der Waals surface area contributed by atoms with E-state index < -0.39 is 36.2 Å². The van der Waals surface area contributed by atoms with Crippen LogP contribution in [0.4, 0.5) is 8.78 Å². The van der Waals surface area contributed by atoms with E-state index in [1.54, 1.807) is 60.7 Å². The summed E-state index contributed by atoms with van der Waals surface area (Å²) >= 11 is 0. The first-order chi connectivity index (χ1) is 14.2. The zero-order chi connectivity index (χ0) is 22.5. The zero-order valence-corrected chi connectivity index (χ0v) is 17.5. The van der Waals surface area contributed by atoms with Gasteiger partial charge in [-0.1, -0.05) is 60.7 Å². The molecule has 2 rings (SSSR count). The van der Waals surface area contributed by atoms with E-state index in [4.69, 9.17) is 0 Å². The van der Waals surface area contributed by atoms with Gasteiger partial charge in [0, 0.05) is 0 Å². The van der Waals surface area contributed by atoms with Gasteiger partial charge >= 0.3 is 35.0 Å². The van der Waals surface area contributed by atoms with E-state index in [2.05, 4.69) is 9.47 Å². The Balaban J connectivity index is 0.000000562. The van der Waals surface area contributed by atoms with Crippen LogP contribution < -0.4 is 10.2 Å². The van der Waals surface area contributed by atoms with Crippen molar-refractivity contribution in [3.8, 4) is 0 Å². The van der Waals surface area contributed by atoms with Gasteiger partial charge in [0.25, 0.3) is 0 Å². The molecule has 0 saturated heterocycles. The second-order valence-electron chi connectivity index (χ2n) is 5.55.